The van der Waals surface area contributed by atoms with Crippen molar-refractivity contribution in [1.82, 2.24) is 9.80 Å². The van der Waals surface area contributed by atoms with Crippen LogP contribution in [0.2, 0.25) is 0 Å². The molecule has 132 valence electrons. The number of rotatable bonds is 5. The second kappa shape index (κ2) is 6.69. The van der Waals surface area contributed by atoms with Gasteiger partial charge in [-0.1, -0.05) is 26.0 Å². The lowest BCUT2D eigenvalue weighted by Gasteiger charge is -2.38. The summed E-state index contributed by atoms with van der Waals surface area (Å²) in [5, 5.41) is 0. The molecular formula is C19H28N2O3. The number of likely N-dealkylation sites (N-methyl/N-ethyl adjacent to an activating group) is 1. The number of likely N-dealkylation sites (tertiary alicyclic amines) is 1. The molecule has 0 radical (unpaired) electrons. The van der Waals surface area contributed by atoms with Crippen LogP contribution in [0.4, 0.5) is 0 Å². The van der Waals surface area contributed by atoms with Gasteiger partial charge >= 0.3 is 0 Å². The van der Waals surface area contributed by atoms with Crippen LogP contribution in [0.5, 0.6) is 0 Å². The lowest BCUT2D eigenvalue weighted by molar-refractivity contribution is -0.153. The zero-order chi connectivity index (χ0) is 17.4. The van der Waals surface area contributed by atoms with E-state index in [0.29, 0.717) is 19.3 Å². The number of imide groups is 1. The fraction of sp³-hybridized carbons (Fsp3) is 0.737. The Balaban J connectivity index is 1.84. The Kier molecular flexibility index (Phi) is 4.79. The highest BCUT2D eigenvalue weighted by Crippen LogP contribution is 2.37. The topological polar surface area (TPSA) is 57.7 Å². The second-order valence-electron chi connectivity index (χ2n) is 7.88. The molecule has 0 spiro atoms. The summed E-state index contributed by atoms with van der Waals surface area (Å²) < 4.78 is 0. The second-order valence-corrected chi connectivity index (χ2v) is 7.88. The summed E-state index contributed by atoms with van der Waals surface area (Å²) in [5.74, 6) is -0.638. The molecule has 1 saturated carbocycles. The summed E-state index contributed by atoms with van der Waals surface area (Å²) >= 11 is 0. The van der Waals surface area contributed by atoms with E-state index in [0.717, 1.165) is 19.3 Å². The SMILES string of the molecule is CC(C)C[C@H](C(=O)N(C)C1CCC1)N1C(=O)[C@@H]2CC=CC[C@H]2C1=O. The minimum absolute atomic E-state index is 0.0679. The number of allylic oxidation sites excluding steroid dienone is 2. The number of nitrogens with zero attached hydrogens (tertiary/aromatic N) is 2. The first-order valence-electron chi connectivity index (χ1n) is 9.20. The largest absolute Gasteiger partial charge is 0.341 e. The van der Waals surface area contributed by atoms with Gasteiger partial charge in [-0.05, 0) is 44.4 Å². The molecule has 2 fully saturated rings. The lowest BCUT2D eigenvalue weighted by atomic mass is 9.85. The molecule has 5 nitrogen and oxygen atoms in total. The Labute approximate surface area is 144 Å². The van der Waals surface area contributed by atoms with E-state index in [2.05, 4.69) is 0 Å². The third-order valence-corrected chi connectivity index (χ3v) is 5.80. The summed E-state index contributed by atoms with van der Waals surface area (Å²) in [6, 6.07) is -0.370. The molecule has 2 aliphatic carbocycles. The van der Waals surface area contributed by atoms with Gasteiger partial charge < -0.3 is 4.90 Å². The Morgan fingerprint density at radius 2 is 1.71 bits per heavy atom. The van der Waals surface area contributed by atoms with Crippen LogP contribution in [0, 0.1) is 17.8 Å². The van der Waals surface area contributed by atoms with E-state index < -0.39 is 6.04 Å². The fourth-order valence-corrected chi connectivity index (χ4v) is 4.09. The average Bonchev–Trinajstić information content (AvgIpc) is 2.74. The Morgan fingerprint density at radius 1 is 1.17 bits per heavy atom. The minimum atomic E-state index is -0.638. The van der Waals surface area contributed by atoms with E-state index in [1.807, 2.05) is 33.0 Å². The van der Waals surface area contributed by atoms with Gasteiger partial charge in [0.1, 0.15) is 6.04 Å². The van der Waals surface area contributed by atoms with Crippen LogP contribution in [0.1, 0.15) is 52.4 Å². The number of carbonyl (C=O) groups is 3. The van der Waals surface area contributed by atoms with Crippen LogP contribution in [-0.2, 0) is 14.4 Å². The summed E-state index contributed by atoms with van der Waals surface area (Å²) in [7, 11) is 1.82. The van der Waals surface area contributed by atoms with Crippen LogP contribution in [0.25, 0.3) is 0 Å². The van der Waals surface area contributed by atoms with Crippen LogP contribution in [0.15, 0.2) is 12.2 Å². The van der Waals surface area contributed by atoms with Gasteiger partial charge in [-0.3, -0.25) is 19.3 Å². The first-order valence-corrected chi connectivity index (χ1v) is 9.20. The van der Waals surface area contributed by atoms with Crippen molar-refractivity contribution < 1.29 is 14.4 Å². The third kappa shape index (κ3) is 2.89. The zero-order valence-electron chi connectivity index (χ0n) is 14.9. The molecule has 1 aliphatic heterocycles. The van der Waals surface area contributed by atoms with Crippen molar-refractivity contribution >= 4 is 17.7 Å². The van der Waals surface area contributed by atoms with Crippen LogP contribution < -0.4 is 0 Å². The maximum atomic E-state index is 13.1. The van der Waals surface area contributed by atoms with Crippen LogP contribution in [-0.4, -0.2) is 46.7 Å². The summed E-state index contributed by atoms with van der Waals surface area (Å²) in [5.41, 5.74) is 0. The number of hydrogen-bond donors (Lipinski definition) is 0. The van der Waals surface area contributed by atoms with Gasteiger partial charge in [-0.2, -0.15) is 0 Å². The van der Waals surface area contributed by atoms with Gasteiger partial charge in [-0.25, -0.2) is 0 Å². The number of hydrogen-bond acceptors (Lipinski definition) is 3. The molecule has 1 heterocycles. The standard InChI is InChI=1S/C19H28N2O3/c1-12(2)11-16(19(24)20(3)13-7-6-8-13)21-17(22)14-9-4-5-10-15(14)18(21)23/h4-5,12-16H,6-11H2,1-3H3/t14-,15-,16-/m1/s1. The Morgan fingerprint density at radius 3 is 2.12 bits per heavy atom. The molecule has 5 heteroatoms. The molecule has 3 aliphatic rings. The summed E-state index contributed by atoms with van der Waals surface area (Å²) in [4.78, 5) is 41.9. The molecule has 0 bridgehead atoms. The van der Waals surface area contributed by atoms with Gasteiger partial charge in [0.25, 0.3) is 0 Å². The van der Waals surface area contributed by atoms with Crippen molar-refractivity contribution in [3.8, 4) is 0 Å². The predicted octanol–water partition coefficient (Wildman–Crippen LogP) is 2.36. The fourth-order valence-electron chi connectivity index (χ4n) is 4.09. The van der Waals surface area contributed by atoms with Gasteiger partial charge in [-0.15, -0.1) is 0 Å². The van der Waals surface area contributed by atoms with Gasteiger partial charge in [0.15, 0.2) is 0 Å². The van der Waals surface area contributed by atoms with Crippen molar-refractivity contribution in [1.29, 1.82) is 0 Å². The van der Waals surface area contributed by atoms with E-state index >= 15 is 0 Å². The molecule has 0 unspecified atom stereocenters. The van der Waals surface area contributed by atoms with Crippen LogP contribution >= 0.6 is 0 Å². The molecule has 24 heavy (non-hydrogen) atoms. The van der Waals surface area contributed by atoms with E-state index in [-0.39, 0.29) is 41.5 Å². The monoisotopic (exact) mass is 332 g/mol. The lowest BCUT2D eigenvalue weighted by Crippen LogP contribution is -2.54. The zero-order valence-corrected chi connectivity index (χ0v) is 14.9. The highest BCUT2D eigenvalue weighted by Gasteiger charge is 2.51. The maximum Gasteiger partial charge on any atom is 0.245 e. The molecule has 3 atom stereocenters. The smallest absolute Gasteiger partial charge is 0.245 e. The summed E-state index contributed by atoms with van der Waals surface area (Å²) in [6.45, 7) is 4.06. The Bertz CT molecular complexity index is 539. The predicted molar refractivity (Wildman–Crippen MR) is 90.9 cm³/mol. The van der Waals surface area contributed by atoms with Crippen molar-refractivity contribution in [2.45, 2.75) is 64.5 Å². The normalized spacial score (nSPS) is 28.1. The number of carbonyl (C=O) groups excluding carboxylic acids is 3. The van der Waals surface area contributed by atoms with Gasteiger partial charge in [0.05, 0.1) is 11.8 Å². The van der Waals surface area contributed by atoms with Crippen molar-refractivity contribution in [2.24, 2.45) is 17.8 Å². The van der Waals surface area contributed by atoms with Crippen LogP contribution in [0.3, 0.4) is 0 Å². The van der Waals surface area contributed by atoms with Gasteiger partial charge in [0.2, 0.25) is 17.7 Å². The van der Waals surface area contributed by atoms with E-state index in [4.69, 9.17) is 0 Å². The maximum absolute atomic E-state index is 13.1. The average molecular weight is 332 g/mol. The molecule has 0 aromatic carbocycles. The van der Waals surface area contributed by atoms with Crippen molar-refractivity contribution in [3.05, 3.63) is 12.2 Å². The highest BCUT2D eigenvalue weighted by molar-refractivity contribution is 6.08. The van der Waals surface area contributed by atoms with E-state index in [1.54, 1.807) is 4.90 Å². The van der Waals surface area contributed by atoms with E-state index in [1.165, 1.54) is 4.90 Å². The molecule has 3 rings (SSSR count). The molecule has 0 N–H and O–H groups in total. The third-order valence-electron chi connectivity index (χ3n) is 5.80. The van der Waals surface area contributed by atoms with Crippen molar-refractivity contribution in [2.75, 3.05) is 7.05 Å². The molecule has 3 amide bonds. The summed E-state index contributed by atoms with van der Waals surface area (Å²) in [6.07, 6.45) is 8.93. The molecule has 0 aromatic rings. The quantitative estimate of drug-likeness (QED) is 0.574. The molecular weight excluding hydrogens is 304 g/mol. The first-order chi connectivity index (χ1) is 11.4. The van der Waals surface area contributed by atoms with E-state index in [9.17, 15) is 14.4 Å². The number of fused-ring (bicyclic) bond motifs is 1. The number of amides is 3. The van der Waals surface area contributed by atoms with Gasteiger partial charge in [0, 0.05) is 13.1 Å². The van der Waals surface area contributed by atoms with Crippen molar-refractivity contribution in [3.63, 3.8) is 0 Å². The first kappa shape index (κ1) is 17.2. The Hall–Kier alpha value is -1.65. The highest BCUT2D eigenvalue weighted by atomic mass is 16.2. The molecule has 1 saturated heterocycles. The molecule has 0 aromatic heterocycles. The minimum Gasteiger partial charge on any atom is -0.341 e.